The molecule has 0 radical (unpaired) electrons. The van der Waals surface area contributed by atoms with Crippen molar-refractivity contribution in [1.29, 1.82) is 0 Å². The summed E-state index contributed by atoms with van der Waals surface area (Å²) >= 11 is 0. The van der Waals surface area contributed by atoms with Gasteiger partial charge in [0.1, 0.15) is 18.3 Å². The molecule has 168 valence electrons. The smallest absolute Gasteiger partial charge is 0.115 e. The molecule has 0 N–H and O–H groups in total. The Morgan fingerprint density at radius 1 is 0.500 bits per heavy atom. The Kier molecular flexibility index (Phi) is 8.07. The molecule has 0 saturated carbocycles. The fourth-order valence-electron chi connectivity index (χ4n) is 4.17. The van der Waals surface area contributed by atoms with Gasteiger partial charge in [-0.15, -0.1) is 0 Å². The zero-order valence-electron chi connectivity index (χ0n) is 18.8. The van der Waals surface area contributed by atoms with Gasteiger partial charge in [-0.25, -0.2) is 0 Å². The first-order valence-electron chi connectivity index (χ1n) is 11.3. The van der Waals surface area contributed by atoms with E-state index in [1.54, 1.807) is 0 Å². The number of hydrogen-bond donors (Lipinski definition) is 0. The molecule has 0 spiro atoms. The van der Waals surface area contributed by atoms with Crippen molar-refractivity contribution in [1.82, 2.24) is 0 Å². The van der Waals surface area contributed by atoms with Crippen LogP contribution in [-0.4, -0.2) is 30.5 Å². The Balaban J connectivity index is 1.50. The third-order valence-electron chi connectivity index (χ3n) is 5.86. The zero-order valence-corrected chi connectivity index (χ0v) is 18.8. The molecule has 32 heavy (non-hydrogen) atoms. The lowest BCUT2D eigenvalue weighted by molar-refractivity contribution is -0.257. The van der Waals surface area contributed by atoms with Crippen LogP contribution in [-0.2, 0) is 38.8 Å². The molecule has 0 amide bonds. The number of ether oxygens (including phenoxy) is 4. The van der Waals surface area contributed by atoms with E-state index in [0.29, 0.717) is 19.8 Å². The van der Waals surface area contributed by atoms with Gasteiger partial charge in [0, 0.05) is 0 Å². The summed E-state index contributed by atoms with van der Waals surface area (Å²) in [4.78, 5) is 0. The van der Waals surface area contributed by atoms with Gasteiger partial charge in [0.05, 0.1) is 32.0 Å². The summed E-state index contributed by atoms with van der Waals surface area (Å²) in [7, 11) is 0. The molecular formula is C28H32O4. The summed E-state index contributed by atoms with van der Waals surface area (Å²) < 4.78 is 25.5. The first kappa shape index (κ1) is 22.7. The second kappa shape index (κ2) is 11.4. The van der Waals surface area contributed by atoms with E-state index in [4.69, 9.17) is 18.9 Å². The summed E-state index contributed by atoms with van der Waals surface area (Å²) in [5.41, 5.74) is 3.38. The molecule has 1 fully saturated rings. The molecule has 0 aromatic heterocycles. The fourth-order valence-corrected chi connectivity index (χ4v) is 4.17. The van der Waals surface area contributed by atoms with Gasteiger partial charge in [-0.3, -0.25) is 0 Å². The number of benzene rings is 3. The van der Waals surface area contributed by atoms with Gasteiger partial charge in [-0.2, -0.15) is 0 Å². The molecule has 1 saturated heterocycles. The Bertz CT molecular complexity index is 860. The minimum atomic E-state index is -0.249. The summed E-state index contributed by atoms with van der Waals surface area (Å²) in [5, 5.41) is 0. The predicted octanol–water partition coefficient (Wildman–Crippen LogP) is 5.55. The first-order chi connectivity index (χ1) is 15.7. The molecule has 3 aromatic carbocycles. The third-order valence-corrected chi connectivity index (χ3v) is 5.86. The van der Waals surface area contributed by atoms with E-state index in [9.17, 15) is 0 Å². The van der Waals surface area contributed by atoms with Crippen LogP contribution in [0.2, 0.25) is 0 Å². The number of rotatable bonds is 9. The maximum Gasteiger partial charge on any atom is 0.115 e. The number of hydrogen-bond acceptors (Lipinski definition) is 4. The van der Waals surface area contributed by atoms with Crippen LogP contribution in [0.15, 0.2) is 91.0 Å². The zero-order chi connectivity index (χ0) is 22.2. The lowest BCUT2D eigenvalue weighted by Gasteiger charge is -2.44. The van der Waals surface area contributed by atoms with Crippen molar-refractivity contribution in [2.75, 3.05) is 0 Å². The third kappa shape index (κ3) is 6.05. The van der Waals surface area contributed by atoms with Crippen LogP contribution in [0.1, 0.15) is 30.5 Å². The minimum absolute atomic E-state index is 0.105. The molecule has 4 nitrogen and oxygen atoms in total. The van der Waals surface area contributed by atoms with Crippen LogP contribution >= 0.6 is 0 Å². The molecular weight excluding hydrogens is 400 g/mol. The van der Waals surface area contributed by atoms with Gasteiger partial charge in [0.15, 0.2) is 0 Å². The molecule has 1 aliphatic rings. The highest BCUT2D eigenvalue weighted by molar-refractivity contribution is 5.15. The monoisotopic (exact) mass is 432 g/mol. The highest BCUT2D eigenvalue weighted by Crippen LogP contribution is 2.30. The second-order valence-electron chi connectivity index (χ2n) is 8.33. The van der Waals surface area contributed by atoms with Gasteiger partial charge in [0.25, 0.3) is 0 Å². The van der Waals surface area contributed by atoms with E-state index in [-0.39, 0.29) is 30.5 Å². The van der Waals surface area contributed by atoms with Gasteiger partial charge in [-0.05, 0) is 30.5 Å². The van der Waals surface area contributed by atoms with Gasteiger partial charge < -0.3 is 18.9 Å². The molecule has 1 aliphatic heterocycles. The second-order valence-corrected chi connectivity index (χ2v) is 8.33. The maximum atomic E-state index is 6.48. The standard InChI is InChI=1S/C28H32O4/c1-21-26(29-18-23-12-6-3-7-13-23)28(31-20-25-16-10-5-11-17-25)27(22(2)32-21)30-19-24-14-8-4-9-15-24/h3-17,21-22,26-28H,18-20H2,1-2H3/t21-,22?,26-,27-,28+/m0/s1. The van der Waals surface area contributed by atoms with E-state index in [1.807, 2.05) is 54.6 Å². The molecule has 0 bridgehead atoms. The van der Waals surface area contributed by atoms with Gasteiger partial charge >= 0.3 is 0 Å². The summed E-state index contributed by atoms with van der Waals surface area (Å²) in [6, 6.07) is 30.6. The van der Waals surface area contributed by atoms with Crippen molar-refractivity contribution in [3.8, 4) is 0 Å². The van der Waals surface area contributed by atoms with Crippen molar-refractivity contribution in [3.63, 3.8) is 0 Å². The first-order valence-corrected chi connectivity index (χ1v) is 11.3. The van der Waals surface area contributed by atoms with Crippen molar-refractivity contribution < 1.29 is 18.9 Å². The van der Waals surface area contributed by atoms with Crippen LogP contribution in [0.25, 0.3) is 0 Å². The molecule has 4 rings (SSSR count). The van der Waals surface area contributed by atoms with E-state index in [0.717, 1.165) is 16.7 Å². The molecule has 5 atom stereocenters. The predicted molar refractivity (Wildman–Crippen MR) is 125 cm³/mol. The van der Waals surface area contributed by atoms with E-state index < -0.39 is 0 Å². The summed E-state index contributed by atoms with van der Waals surface area (Å²) in [6.07, 6.45) is -0.940. The maximum absolute atomic E-state index is 6.48. The van der Waals surface area contributed by atoms with Crippen LogP contribution in [0.3, 0.4) is 0 Å². The molecule has 0 aliphatic carbocycles. The SMILES string of the molecule is CC1O[C@@H](C)[C@H](OCc2ccccc2)[C@@H](OCc2ccccc2)[C@H]1OCc1ccccc1. The molecule has 3 aromatic rings. The summed E-state index contributed by atoms with van der Waals surface area (Å²) in [6.45, 7) is 5.62. The van der Waals surface area contributed by atoms with Crippen LogP contribution in [0, 0.1) is 0 Å². The Hall–Kier alpha value is -2.50. The Morgan fingerprint density at radius 3 is 1.16 bits per heavy atom. The van der Waals surface area contributed by atoms with E-state index in [2.05, 4.69) is 50.2 Å². The highest BCUT2D eigenvalue weighted by atomic mass is 16.6. The average Bonchev–Trinajstić information content (AvgIpc) is 2.83. The Morgan fingerprint density at radius 2 is 0.812 bits per heavy atom. The van der Waals surface area contributed by atoms with E-state index in [1.165, 1.54) is 0 Å². The van der Waals surface area contributed by atoms with Crippen molar-refractivity contribution in [3.05, 3.63) is 108 Å². The molecule has 1 unspecified atom stereocenters. The lowest BCUT2D eigenvalue weighted by Crippen LogP contribution is -2.58. The van der Waals surface area contributed by atoms with Crippen molar-refractivity contribution in [2.24, 2.45) is 0 Å². The van der Waals surface area contributed by atoms with Crippen LogP contribution in [0.5, 0.6) is 0 Å². The fraction of sp³-hybridized carbons (Fsp3) is 0.357. The topological polar surface area (TPSA) is 36.9 Å². The Labute approximate surface area is 191 Å². The summed E-state index contributed by atoms with van der Waals surface area (Å²) in [5.74, 6) is 0. The van der Waals surface area contributed by atoms with Gasteiger partial charge in [0.2, 0.25) is 0 Å². The van der Waals surface area contributed by atoms with E-state index >= 15 is 0 Å². The highest BCUT2D eigenvalue weighted by Gasteiger charge is 2.44. The van der Waals surface area contributed by atoms with Crippen LogP contribution < -0.4 is 0 Å². The quantitative estimate of drug-likeness (QED) is 0.444. The largest absolute Gasteiger partial charge is 0.370 e. The van der Waals surface area contributed by atoms with Crippen LogP contribution in [0.4, 0.5) is 0 Å². The van der Waals surface area contributed by atoms with Crippen molar-refractivity contribution in [2.45, 2.75) is 64.2 Å². The van der Waals surface area contributed by atoms with Gasteiger partial charge in [-0.1, -0.05) is 91.0 Å². The molecule has 4 heteroatoms. The average molecular weight is 433 g/mol. The van der Waals surface area contributed by atoms with Crippen molar-refractivity contribution >= 4 is 0 Å². The minimum Gasteiger partial charge on any atom is -0.370 e. The molecule has 1 heterocycles. The lowest BCUT2D eigenvalue weighted by atomic mass is 9.95. The normalized spacial score (nSPS) is 25.5.